The largest absolute Gasteiger partial charge is 0.427 e. The highest BCUT2D eigenvalue weighted by Gasteiger charge is 2.26. The minimum Gasteiger partial charge on any atom is -0.427 e. The van der Waals surface area contributed by atoms with E-state index in [4.69, 9.17) is 4.42 Å². The van der Waals surface area contributed by atoms with E-state index < -0.39 is 5.63 Å². The molecular formula is C23H26N2O3. The molecule has 4 rings (SSSR count). The molecule has 0 saturated carbocycles. The number of rotatable bonds is 3. The standard InChI is InChI=1S/C23H26N2O3/c1-16-15-20(19-7-11-24-12-8-19)28-23(27)21(16)22(26)25-13-9-18(10-14-25)17-5-3-2-4-6-17/h2-6,9,15,19,24H,7-8,10-14H2,1H3. The maximum Gasteiger partial charge on any atom is 0.349 e. The molecule has 0 aliphatic carbocycles. The lowest BCUT2D eigenvalue weighted by Gasteiger charge is -2.27. The van der Waals surface area contributed by atoms with Crippen molar-refractivity contribution in [2.75, 3.05) is 26.2 Å². The summed E-state index contributed by atoms with van der Waals surface area (Å²) < 4.78 is 5.58. The van der Waals surface area contributed by atoms with Crippen molar-refractivity contribution in [2.24, 2.45) is 0 Å². The van der Waals surface area contributed by atoms with Gasteiger partial charge in [0.15, 0.2) is 0 Å². The van der Waals surface area contributed by atoms with Gasteiger partial charge < -0.3 is 14.6 Å². The second-order valence-electron chi connectivity index (χ2n) is 7.62. The molecule has 1 saturated heterocycles. The molecule has 0 atom stereocenters. The van der Waals surface area contributed by atoms with Gasteiger partial charge in [0.05, 0.1) is 0 Å². The fourth-order valence-electron chi connectivity index (χ4n) is 4.12. The zero-order chi connectivity index (χ0) is 19.5. The van der Waals surface area contributed by atoms with Crippen LogP contribution in [0.5, 0.6) is 0 Å². The van der Waals surface area contributed by atoms with Crippen molar-refractivity contribution in [3.05, 3.63) is 75.3 Å². The molecule has 5 heteroatoms. The van der Waals surface area contributed by atoms with Gasteiger partial charge in [-0.05, 0) is 62.0 Å². The van der Waals surface area contributed by atoms with Crippen LogP contribution in [0.25, 0.3) is 5.57 Å². The van der Waals surface area contributed by atoms with E-state index in [2.05, 4.69) is 23.5 Å². The highest BCUT2D eigenvalue weighted by Crippen LogP contribution is 2.27. The number of carbonyl (C=O) groups is 1. The van der Waals surface area contributed by atoms with Gasteiger partial charge in [0.25, 0.3) is 5.91 Å². The highest BCUT2D eigenvalue weighted by molar-refractivity contribution is 5.95. The lowest BCUT2D eigenvalue weighted by atomic mass is 9.94. The summed E-state index contributed by atoms with van der Waals surface area (Å²) in [5.41, 5.74) is 2.82. The van der Waals surface area contributed by atoms with Gasteiger partial charge in [0.1, 0.15) is 11.3 Å². The monoisotopic (exact) mass is 378 g/mol. The Morgan fingerprint density at radius 1 is 1.18 bits per heavy atom. The molecule has 2 aliphatic rings. The molecule has 1 N–H and O–H groups in total. The third kappa shape index (κ3) is 3.80. The second-order valence-corrected chi connectivity index (χ2v) is 7.62. The number of carbonyl (C=O) groups excluding carboxylic acids is 1. The molecule has 1 amide bonds. The topological polar surface area (TPSA) is 62.6 Å². The van der Waals surface area contributed by atoms with Crippen LogP contribution in [0.2, 0.25) is 0 Å². The molecule has 0 unspecified atom stereocenters. The van der Waals surface area contributed by atoms with Crippen LogP contribution < -0.4 is 10.9 Å². The maximum atomic E-state index is 13.0. The van der Waals surface area contributed by atoms with E-state index in [-0.39, 0.29) is 17.4 Å². The number of nitrogens with zero attached hydrogens (tertiary/aromatic N) is 1. The molecule has 1 aromatic carbocycles. The average Bonchev–Trinajstić information content (AvgIpc) is 2.74. The van der Waals surface area contributed by atoms with Crippen LogP contribution >= 0.6 is 0 Å². The van der Waals surface area contributed by atoms with Crippen LogP contribution in [0.15, 0.2) is 51.7 Å². The molecule has 146 valence electrons. The third-order valence-corrected chi connectivity index (χ3v) is 5.76. The van der Waals surface area contributed by atoms with E-state index in [1.165, 1.54) is 11.1 Å². The normalized spacial score (nSPS) is 18.0. The molecule has 0 bridgehead atoms. The molecule has 3 heterocycles. The highest BCUT2D eigenvalue weighted by atomic mass is 16.4. The van der Waals surface area contributed by atoms with Crippen LogP contribution in [0, 0.1) is 6.92 Å². The van der Waals surface area contributed by atoms with Crippen molar-refractivity contribution in [2.45, 2.75) is 32.1 Å². The fraction of sp³-hybridized carbons (Fsp3) is 0.391. The van der Waals surface area contributed by atoms with Crippen molar-refractivity contribution in [1.29, 1.82) is 0 Å². The lowest BCUT2D eigenvalue weighted by molar-refractivity contribution is 0.0766. The third-order valence-electron chi connectivity index (χ3n) is 5.76. The van der Waals surface area contributed by atoms with E-state index in [0.29, 0.717) is 24.4 Å². The van der Waals surface area contributed by atoms with Crippen LogP contribution in [0.4, 0.5) is 0 Å². The van der Waals surface area contributed by atoms with Gasteiger partial charge in [0, 0.05) is 19.0 Å². The Morgan fingerprint density at radius 3 is 2.57 bits per heavy atom. The van der Waals surface area contributed by atoms with E-state index >= 15 is 0 Å². The predicted octanol–water partition coefficient (Wildman–Crippen LogP) is 3.34. The number of benzene rings is 1. The lowest BCUT2D eigenvalue weighted by Crippen LogP contribution is -2.38. The summed E-state index contributed by atoms with van der Waals surface area (Å²) in [6, 6.07) is 12.1. The molecule has 1 fully saturated rings. The van der Waals surface area contributed by atoms with Gasteiger partial charge in [-0.3, -0.25) is 4.79 Å². The van der Waals surface area contributed by atoms with E-state index in [9.17, 15) is 9.59 Å². The summed E-state index contributed by atoms with van der Waals surface area (Å²) in [6.45, 7) is 4.81. The Balaban J connectivity index is 1.52. The fourth-order valence-corrected chi connectivity index (χ4v) is 4.12. The first-order valence-corrected chi connectivity index (χ1v) is 10.0. The Morgan fingerprint density at radius 2 is 1.93 bits per heavy atom. The number of nitrogens with one attached hydrogen (secondary N) is 1. The smallest absolute Gasteiger partial charge is 0.349 e. The molecular weight excluding hydrogens is 352 g/mol. The molecule has 0 spiro atoms. The Kier molecular flexibility index (Phi) is 5.44. The first-order chi connectivity index (χ1) is 13.6. The summed E-state index contributed by atoms with van der Waals surface area (Å²) in [7, 11) is 0. The van der Waals surface area contributed by atoms with Gasteiger partial charge in [-0.15, -0.1) is 0 Å². The zero-order valence-electron chi connectivity index (χ0n) is 16.2. The number of aryl methyl sites for hydroxylation is 1. The van der Waals surface area contributed by atoms with Gasteiger partial charge in [-0.25, -0.2) is 4.79 Å². The number of amides is 1. The number of piperidine rings is 1. The zero-order valence-corrected chi connectivity index (χ0v) is 16.2. The second kappa shape index (κ2) is 8.15. The van der Waals surface area contributed by atoms with Crippen molar-refractivity contribution in [3.63, 3.8) is 0 Å². The van der Waals surface area contributed by atoms with Crippen molar-refractivity contribution < 1.29 is 9.21 Å². The molecule has 0 radical (unpaired) electrons. The van der Waals surface area contributed by atoms with E-state index in [0.717, 1.165) is 32.4 Å². The van der Waals surface area contributed by atoms with Crippen molar-refractivity contribution >= 4 is 11.5 Å². The van der Waals surface area contributed by atoms with Crippen molar-refractivity contribution in [1.82, 2.24) is 10.2 Å². The van der Waals surface area contributed by atoms with E-state index in [1.54, 1.807) is 4.90 Å². The summed E-state index contributed by atoms with van der Waals surface area (Å²) in [5, 5.41) is 3.32. The van der Waals surface area contributed by atoms with Crippen molar-refractivity contribution in [3.8, 4) is 0 Å². The maximum absolute atomic E-state index is 13.0. The van der Waals surface area contributed by atoms with Gasteiger partial charge in [-0.1, -0.05) is 36.4 Å². The minimum atomic E-state index is -0.503. The summed E-state index contributed by atoms with van der Waals surface area (Å²) >= 11 is 0. The number of hydrogen-bond acceptors (Lipinski definition) is 4. The summed E-state index contributed by atoms with van der Waals surface area (Å²) in [4.78, 5) is 27.4. The van der Waals surface area contributed by atoms with Crippen LogP contribution in [-0.4, -0.2) is 37.0 Å². The predicted molar refractivity (Wildman–Crippen MR) is 109 cm³/mol. The molecule has 2 aliphatic heterocycles. The van der Waals surface area contributed by atoms with Gasteiger partial charge in [-0.2, -0.15) is 0 Å². The van der Waals surface area contributed by atoms with Gasteiger partial charge in [0.2, 0.25) is 0 Å². The summed E-state index contributed by atoms with van der Waals surface area (Å²) in [6.07, 6.45) is 4.77. The Bertz CT molecular complexity index is 940. The van der Waals surface area contributed by atoms with Crippen LogP contribution in [-0.2, 0) is 0 Å². The minimum absolute atomic E-state index is 0.175. The quantitative estimate of drug-likeness (QED) is 0.890. The summed E-state index contributed by atoms with van der Waals surface area (Å²) in [5.74, 6) is 0.736. The van der Waals surface area contributed by atoms with Gasteiger partial charge >= 0.3 is 5.63 Å². The SMILES string of the molecule is Cc1cc(C2CCNCC2)oc(=O)c1C(=O)N1CC=C(c2ccccc2)CC1. The number of hydrogen-bond donors (Lipinski definition) is 1. The van der Waals surface area contributed by atoms with Crippen LogP contribution in [0.3, 0.4) is 0 Å². The molecule has 2 aromatic rings. The van der Waals surface area contributed by atoms with Crippen LogP contribution in [0.1, 0.15) is 52.4 Å². The van der Waals surface area contributed by atoms with E-state index in [1.807, 2.05) is 31.2 Å². The average molecular weight is 378 g/mol. The Labute approximate surface area is 165 Å². The first kappa shape index (κ1) is 18.7. The first-order valence-electron chi connectivity index (χ1n) is 10.0. The molecule has 28 heavy (non-hydrogen) atoms. The molecule has 5 nitrogen and oxygen atoms in total. The Hall–Kier alpha value is -2.66. The molecule has 1 aromatic heterocycles.